The van der Waals surface area contributed by atoms with Gasteiger partial charge in [-0.1, -0.05) is 30.3 Å². The molecule has 0 bridgehead atoms. The predicted molar refractivity (Wildman–Crippen MR) is 68.7 cm³/mol. The molecule has 0 amide bonds. The van der Waals surface area contributed by atoms with Crippen molar-refractivity contribution >= 4 is 5.97 Å². The largest absolute Gasteiger partial charge is 0.466 e. The van der Waals surface area contributed by atoms with Gasteiger partial charge in [0.1, 0.15) is 0 Å². The molecule has 1 N–H and O–H groups in total. The number of esters is 1. The SMILES string of the molecule is CCOC(=O)C[C@@H](C)NC(C)c1ccccc1. The van der Waals surface area contributed by atoms with Gasteiger partial charge in [-0.25, -0.2) is 0 Å². The van der Waals surface area contributed by atoms with E-state index in [1.165, 1.54) is 5.56 Å². The molecule has 0 aliphatic carbocycles. The molecule has 1 unspecified atom stereocenters. The van der Waals surface area contributed by atoms with Crippen LogP contribution >= 0.6 is 0 Å². The van der Waals surface area contributed by atoms with Crippen molar-refractivity contribution in [3.05, 3.63) is 35.9 Å². The van der Waals surface area contributed by atoms with Crippen LogP contribution in [0.2, 0.25) is 0 Å². The fraction of sp³-hybridized carbons (Fsp3) is 0.500. The molecule has 0 fully saturated rings. The molecule has 2 atom stereocenters. The van der Waals surface area contributed by atoms with Gasteiger partial charge in [-0.3, -0.25) is 4.79 Å². The lowest BCUT2D eigenvalue weighted by molar-refractivity contribution is -0.143. The highest BCUT2D eigenvalue weighted by Gasteiger charge is 2.13. The van der Waals surface area contributed by atoms with E-state index < -0.39 is 0 Å². The van der Waals surface area contributed by atoms with Crippen molar-refractivity contribution in [1.82, 2.24) is 5.32 Å². The minimum Gasteiger partial charge on any atom is -0.466 e. The van der Waals surface area contributed by atoms with Crippen molar-refractivity contribution in [2.24, 2.45) is 0 Å². The first-order chi connectivity index (χ1) is 8.13. The molecular formula is C14H21NO2. The molecule has 0 saturated heterocycles. The van der Waals surface area contributed by atoms with E-state index in [1.54, 1.807) is 0 Å². The third-order valence-corrected chi connectivity index (χ3v) is 2.61. The first-order valence-electron chi connectivity index (χ1n) is 6.10. The highest BCUT2D eigenvalue weighted by molar-refractivity contribution is 5.70. The minimum absolute atomic E-state index is 0.115. The lowest BCUT2D eigenvalue weighted by Gasteiger charge is -2.19. The zero-order valence-electron chi connectivity index (χ0n) is 10.8. The van der Waals surface area contributed by atoms with Crippen LogP contribution in [0.4, 0.5) is 0 Å². The van der Waals surface area contributed by atoms with Crippen LogP contribution in [0, 0.1) is 0 Å². The second-order valence-electron chi connectivity index (χ2n) is 4.21. The summed E-state index contributed by atoms with van der Waals surface area (Å²) >= 11 is 0. The van der Waals surface area contributed by atoms with E-state index in [0.29, 0.717) is 13.0 Å². The average Bonchev–Trinajstić information content (AvgIpc) is 2.30. The van der Waals surface area contributed by atoms with E-state index in [1.807, 2.05) is 32.0 Å². The highest BCUT2D eigenvalue weighted by Crippen LogP contribution is 2.12. The molecule has 0 radical (unpaired) electrons. The molecule has 0 aromatic heterocycles. The molecule has 0 saturated carbocycles. The quantitative estimate of drug-likeness (QED) is 0.770. The normalized spacial score (nSPS) is 14.1. The smallest absolute Gasteiger partial charge is 0.307 e. The summed E-state index contributed by atoms with van der Waals surface area (Å²) in [6.45, 7) is 6.36. The molecule has 0 aliphatic heterocycles. The minimum atomic E-state index is -0.146. The average molecular weight is 235 g/mol. The summed E-state index contributed by atoms with van der Waals surface area (Å²) in [6, 6.07) is 10.5. The molecule has 1 aromatic carbocycles. The fourth-order valence-electron chi connectivity index (χ4n) is 1.79. The number of ether oxygens (including phenoxy) is 1. The van der Waals surface area contributed by atoms with Crippen molar-refractivity contribution in [3.63, 3.8) is 0 Å². The molecule has 3 heteroatoms. The summed E-state index contributed by atoms with van der Waals surface area (Å²) in [5.41, 5.74) is 1.23. The monoisotopic (exact) mass is 235 g/mol. The molecule has 3 nitrogen and oxygen atoms in total. The summed E-state index contributed by atoms with van der Waals surface area (Å²) in [5.74, 6) is -0.146. The summed E-state index contributed by atoms with van der Waals surface area (Å²) in [4.78, 5) is 11.3. The maximum atomic E-state index is 11.3. The summed E-state index contributed by atoms with van der Waals surface area (Å²) < 4.78 is 4.92. The van der Waals surface area contributed by atoms with E-state index >= 15 is 0 Å². The molecule has 94 valence electrons. The number of rotatable bonds is 6. The number of nitrogens with one attached hydrogen (secondary N) is 1. The van der Waals surface area contributed by atoms with Crippen molar-refractivity contribution in [2.45, 2.75) is 39.3 Å². The van der Waals surface area contributed by atoms with Crippen LogP contribution in [0.5, 0.6) is 0 Å². The van der Waals surface area contributed by atoms with E-state index in [4.69, 9.17) is 4.74 Å². The van der Waals surface area contributed by atoms with E-state index in [2.05, 4.69) is 24.4 Å². The lowest BCUT2D eigenvalue weighted by Crippen LogP contribution is -2.31. The third-order valence-electron chi connectivity index (χ3n) is 2.61. The first kappa shape index (κ1) is 13.7. The number of hydrogen-bond donors (Lipinski definition) is 1. The third kappa shape index (κ3) is 5.00. The topological polar surface area (TPSA) is 38.3 Å². The Morgan fingerprint density at radius 2 is 1.94 bits per heavy atom. The maximum Gasteiger partial charge on any atom is 0.307 e. The standard InChI is InChI=1S/C14H21NO2/c1-4-17-14(16)10-11(2)15-12(3)13-8-6-5-7-9-13/h5-9,11-12,15H,4,10H2,1-3H3/t11-,12?/m1/s1. The fourth-order valence-corrected chi connectivity index (χ4v) is 1.79. The number of carbonyl (C=O) groups excluding carboxylic acids is 1. The number of benzene rings is 1. The van der Waals surface area contributed by atoms with Crippen molar-refractivity contribution in [2.75, 3.05) is 6.61 Å². The van der Waals surface area contributed by atoms with Gasteiger partial charge in [0.15, 0.2) is 0 Å². The van der Waals surface area contributed by atoms with E-state index in [9.17, 15) is 4.79 Å². The summed E-state index contributed by atoms with van der Waals surface area (Å²) in [7, 11) is 0. The zero-order valence-corrected chi connectivity index (χ0v) is 10.8. The van der Waals surface area contributed by atoms with Gasteiger partial charge in [0.25, 0.3) is 0 Å². The van der Waals surface area contributed by atoms with Crippen LogP contribution in [-0.4, -0.2) is 18.6 Å². The van der Waals surface area contributed by atoms with Crippen molar-refractivity contribution in [1.29, 1.82) is 0 Å². The summed E-state index contributed by atoms with van der Waals surface area (Å²) in [6.07, 6.45) is 0.408. The summed E-state index contributed by atoms with van der Waals surface area (Å²) in [5, 5.41) is 3.38. The number of carbonyl (C=O) groups is 1. The maximum absolute atomic E-state index is 11.3. The Morgan fingerprint density at radius 1 is 1.29 bits per heavy atom. The van der Waals surface area contributed by atoms with Gasteiger partial charge < -0.3 is 10.1 Å². The van der Waals surface area contributed by atoms with Crippen molar-refractivity contribution < 1.29 is 9.53 Å². The van der Waals surface area contributed by atoms with Gasteiger partial charge >= 0.3 is 5.97 Å². The highest BCUT2D eigenvalue weighted by atomic mass is 16.5. The zero-order chi connectivity index (χ0) is 12.7. The second kappa shape index (κ2) is 7.07. The Bertz CT molecular complexity index is 337. The van der Waals surface area contributed by atoms with Gasteiger partial charge in [-0.05, 0) is 26.3 Å². The van der Waals surface area contributed by atoms with Crippen LogP contribution in [0.15, 0.2) is 30.3 Å². The molecule has 1 rings (SSSR count). The Morgan fingerprint density at radius 3 is 2.53 bits per heavy atom. The van der Waals surface area contributed by atoms with Crippen LogP contribution in [0.1, 0.15) is 38.8 Å². The van der Waals surface area contributed by atoms with Crippen LogP contribution in [-0.2, 0) is 9.53 Å². The molecule has 0 heterocycles. The van der Waals surface area contributed by atoms with Crippen molar-refractivity contribution in [3.8, 4) is 0 Å². The van der Waals surface area contributed by atoms with E-state index in [-0.39, 0.29) is 18.1 Å². The van der Waals surface area contributed by atoms with Gasteiger partial charge in [0.2, 0.25) is 0 Å². The van der Waals surface area contributed by atoms with E-state index in [0.717, 1.165) is 0 Å². The molecule has 0 spiro atoms. The molecule has 0 aliphatic rings. The first-order valence-corrected chi connectivity index (χ1v) is 6.10. The van der Waals surface area contributed by atoms with Crippen LogP contribution in [0.25, 0.3) is 0 Å². The molecular weight excluding hydrogens is 214 g/mol. The Labute approximate surface area is 103 Å². The molecule has 1 aromatic rings. The van der Waals surface area contributed by atoms with Gasteiger partial charge in [0, 0.05) is 12.1 Å². The Kier molecular flexibility index (Phi) is 5.70. The van der Waals surface area contributed by atoms with Gasteiger partial charge in [-0.15, -0.1) is 0 Å². The Hall–Kier alpha value is -1.35. The Balaban J connectivity index is 2.41. The van der Waals surface area contributed by atoms with Gasteiger partial charge in [0.05, 0.1) is 13.0 Å². The molecule has 17 heavy (non-hydrogen) atoms. The lowest BCUT2D eigenvalue weighted by atomic mass is 10.1. The number of hydrogen-bond acceptors (Lipinski definition) is 3. The van der Waals surface area contributed by atoms with Crippen LogP contribution in [0.3, 0.4) is 0 Å². The second-order valence-corrected chi connectivity index (χ2v) is 4.21. The van der Waals surface area contributed by atoms with Gasteiger partial charge in [-0.2, -0.15) is 0 Å². The predicted octanol–water partition coefficient (Wildman–Crippen LogP) is 2.68. The van der Waals surface area contributed by atoms with Crippen LogP contribution < -0.4 is 5.32 Å².